The molecule has 1 aliphatic carbocycles. The third-order valence-electron chi connectivity index (χ3n) is 4.72. The molecule has 1 aliphatic rings. The molecule has 0 heterocycles. The van der Waals surface area contributed by atoms with Gasteiger partial charge >= 0.3 is 0 Å². The van der Waals surface area contributed by atoms with Crippen molar-refractivity contribution in [1.29, 1.82) is 0 Å². The Morgan fingerprint density at radius 3 is 2.16 bits per heavy atom. The minimum Gasteiger partial charge on any atom is -0.390 e. The lowest BCUT2D eigenvalue weighted by Gasteiger charge is -2.28. The summed E-state index contributed by atoms with van der Waals surface area (Å²) in [6.45, 7) is 11.3. The third-order valence-corrected chi connectivity index (χ3v) is 4.72. The van der Waals surface area contributed by atoms with Gasteiger partial charge in [0.15, 0.2) is 0 Å². The zero-order chi connectivity index (χ0) is 14.1. The first-order chi connectivity index (χ1) is 9.19. The van der Waals surface area contributed by atoms with E-state index in [1.165, 1.54) is 32.1 Å². The monoisotopic (exact) mass is 270 g/mol. The van der Waals surface area contributed by atoms with E-state index in [4.69, 9.17) is 0 Å². The molecule has 0 amide bonds. The number of hydrogen-bond acceptors (Lipinski definition) is 3. The predicted octanol–water partition coefficient (Wildman–Crippen LogP) is 2.50. The Labute approximate surface area is 119 Å². The summed E-state index contributed by atoms with van der Waals surface area (Å²) in [4.78, 5) is 2.28. The highest BCUT2D eigenvalue weighted by Crippen LogP contribution is 2.29. The molecule has 2 N–H and O–H groups in total. The molecule has 114 valence electrons. The van der Waals surface area contributed by atoms with Gasteiger partial charge < -0.3 is 15.3 Å². The lowest BCUT2D eigenvalue weighted by atomic mass is 9.81. The van der Waals surface area contributed by atoms with Crippen LogP contribution in [0.5, 0.6) is 0 Å². The number of nitrogens with zero attached hydrogens (tertiary/aromatic N) is 1. The van der Waals surface area contributed by atoms with Crippen molar-refractivity contribution in [1.82, 2.24) is 10.2 Å². The molecular weight excluding hydrogens is 236 g/mol. The summed E-state index contributed by atoms with van der Waals surface area (Å²) in [5, 5.41) is 13.5. The molecule has 3 nitrogen and oxygen atoms in total. The Hall–Kier alpha value is -0.120. The van der Waals surface area contributed by atoms with Gasteiger partial charge in [0.2, 0.25) is 0 Å². The van der Waals surface area contributed by atoms with Crippen LogP contribution < -0.4 is 5.32 Å². The molecule has 0 saturated heterocycles. The number of rotatable bonds is 9. The van der Waals surface area contributed by atoms with Crippen LogP contribution in [0, 0.1) is 11.8 Å². The van der Waals surface area contributed by atoms with Crippen LogP contribution in [0.3, 0.4) is 0 Å². The summed E-state index contributed by atoms with van der Waals surface area (Å²) in [6, 6.07) is 0. The van der Waals surface area contributed by atoms with Gasteiger partial charge in [-0.25, -0.2) is 0 Å². The fourth-order valence-corrected chi connectivity index (χ4v) is 3.14. The van der Waals surface area contributed by atoms with Crippen LogP contribution in [-0.2, 0) is 0 Å². The molecule has 1 unspecified atom stereocenters. The van der Waals surface area contributed by atoms with E-state index in [2.05, 4.69) is 31.0 Å². The Balaban J connectivity index is 2.07. The van der Waals surface area contributed by atoms with E-state index in [1.807, 2.05) is 0 Å². The smallest absolute Gasteiger partial charge is 0.0791 e. The van der Waals surface area contributed by atoms with Crippen LogP contribution in [0.2, 0.25) is 0 Å². The molecule has 1 rings (SSSR count). The Kier molecular flexibility index (Phi) is 8.67. The highest BCUT2D eigenvalue weighted by molar-refractivity contribution is 4.74. The zero-order valence-corrected chi connectivity index (χ0v) is 13.2. The van der Waals surface area contributed by atoms with Gasteiger partial charge in [-0.2, -0.15) is 0 Å². The van der Waals surface area contributed by atoms with E-state index >= 15 is 0 Å². The van der Waals surface area contributed by atoms with Crippen LogP contribution >= 0.6 is 0 Å². The van der Waals surface area contributed by atoms with Gasteiger partial charge in [-0.3, -0.25) is 0 Å². The van der Waals surface area contributed by atoms with E-state index in [-0.39, 0.29) is 6.10 Å². The summed E-state index contributed by atoms with van der Waals surface area (Å²) >= 11 is 0. The molecule has 19 heavy (non-hydrogen) atoms. The fourth-order valence-electron chi connectivity index (χ4n) is 3.14. The van der Waals surface area contributed by atoms with Crippen LogP contribution in [0.1, 0.15) is 52.9 Å². The second-order valence-electron chi connectivity index (χ2n) is 6.09. The first kappa shape index (κ1) is 16.9. The first-order valence-corrected chi connectivity index (χ1v) is 8.30. The molecule has 0 aromatic rings. The molecule has 1 saturated carbocycles. The number of aliphatic hydroxyl groups excluding tert-OH is 1. The van der Waals surface area contributed by atoms with Gasteiger partial charge in [0.25, 0.3) is 0 Å². The highest BCUT2D eigenvalue weighted by Gasteiger charge is 2.19. The van der Waals surface area contributed by atoms with Gasteiger partial charge in [0.05, 0.1) is 6.10 Å². The highest BCUT2D eigenvalue weighted by atomic mass is 16.3. The van der Waals surface area contributed by atoms with E-state index in [9.17, 15) is 5.11 Å². The van der Waals surface area contributed by atoms with Crippen molar-refractivity contribution in [2.75, 3.05) is 32.7 Å². The lowest BCUT2D eigenvalue weighted by molar-refractivity contribution is 0.114. The minimum absolute atomic E-state index is 0.230. The van der Waals surface area contributed by atoms with E-state index < -0.39 is 0 Å². The summed E-state index contributed by atoms with van der Waals surface area (Å²) < 4.78 is 0. The number of hydrogen-bond donors (Lipinski definition) is 2. The van der Waals surface area contributed by atoms with Crippen molar-refractivity contribution >= 4 is 0 Å². The first-order valence-electron chi connectivity index (χ1n) is 8.30. The van der Waals surface area contributed by atoms with Crippen molar-refractivity contribution in [3.8, 4) is 0 Å². The second-order valence-corrected chi connectivity index (χ2v) is 6.09. The Morgan fingerprint density at radius 2 is 1.63 bits per heavy atom. The molecule has 1 atom stereocenters. The van der Waals surface area contributed by atoms with E-state index in [1.54, 1.807) is 0 Å². The van der Waals surface area contributed by atoms with E-state index in [0.29, 0.717) is 0 Å². The van der Waals surface area contributed by atoms with Crippen molar-refractivity contribution in [3.63, 3.8) is 0 Å². The molecule has 0 bridgehead atoms. The lowest BCUT2D eigenvalue weighted by Crippen LogP contribution is -2.39. The summed E-state index contributed by atoms with van der Waals surface area (Å²) in [5.41, 5.74) is 0. The molecule has 0 aromatic heterocycles. The maximum atomic E-state index is 9.99. The molecule has 0 spiro atoms. The minimum atomic E-state index is -0.230. The van der Waals surface area contributed by atoms with Crippen molar-refractivity contribution in [3.05, 3.63) is 0 Å². The third kappa shape index (κ3) is 6.73. The maximum absolute atomic E-state index is 9.99. The number of aliphatic hydroxyl groups is 1. The number of likely N-dealkylation sites (N-methyl/N-ethyl adjacent to an activating group) is 1. The maximum Gasteiger partial charge on any atom is 0.0791 e. The molecular formula is C16H34N2O. The van der Waals surface area contributed by atoms with Crippen molar-refractivity contribution < 1.29 is 5.11 Å². The average Bonchev–Trinajstić information content (AvgIpc) is 2.45. The number of nitrogens with one attached hydrogen (secondary N) is 1. The predicted molar refractivity (Wildman–Crippen MR) is 82.4 cm³/mol. The Morgan fingerprint density at radius 1 is 1.05 bits per heavy atom. The van der Waals surface area contributed by atoms with Crippen LogP contribution in [-0.4, -0.2) is 48.8 Å². The summed E-state index contributed by atoms with van der Waals surface area (Å²) in [7, 11) is 0. The standard InChI is InChI=1S/C16H34N2O/c1-4-14-7-9-15(10-8-14)11-17-12-16(19)13-18(5-2)6-3/h14-17,19H,4-13H2,1-3H3. The van der Waals surface area contributed by atoms with Gasteiger partial charge in [-0.15, -0.1) is 0 Å². The average molecular weight is 270 g/mol. The largest absolute Gasteiger partial charge is 0.390 e. The zero-order valence-electron chi connectivity index (χ0n) is 13.2. The van der Waals surface area contributed by atoms with Gasteiger partial charge in [0, 0.05) is 13.1 Å². The molecule has 0 radical (unpaired) electrons. The van der Waals surface area contributed by atoms with Gasteiger partial charge in [-0.1, -0.05) is 40.0 Å². The Bertz CT molecular complexity index is 211. The fraction of sp³-hybridized carbons (Fsp3) is 1.00. The van der Waals surface area contributed by atoms with Gasteiger partial charge in [0.1, 0.15) is 0 Å². The van der Waals surface area contributed by atoms with Gasteiger partial charge in [-0.05, 0) is 44.3 Å². The summed E-state index contributed by atoms with van der Waals surface area (Å²) in [6.07, 6.45) is 6.68. The molecule has 3 heteroatoms. The topological polar surface area (TPSA) is 35.5 Å². The molecule has 0 aromatic carbocycles. The molecule has 1 fully saturated rings. The van der Waals surface area contributed by atoms with E-state index in [0.717, 1.165) is 44.6 Å². The van der Waals surface area contributed by atoms with Crippen LogP contribution in [0.25, 0.3) is 0 Å². The van der Waals surface area contributed by atoms with Crippen LogP contribution in [0.15, 0.2) is 0 Å². The SMILES string of the molecule is CCC1CCC(CNCC(O)CN(CC)CC)CC1. The van der Waals surface area contributed by atoms with Crippen molar-refractivity contribution in [2.45, 2.75) is 59.0 Å². The summed E-state index contributed by atoms with van der Waals surface area (Å²) in [5.74, 6) is 1.81. The molecule has 0 aliphatic heterocycles. The van der Waals surface area contributed by atoms with Crippen LogP contribution in [0.4, 0.5) is 0 Å². The van der Waals surface area contributed by atoms with Crippen molar-refractivity contribution in [2.24, 2.45) is 11.8 Å². The normalized spacial score (nSPS) is 25.7. The second kappa shape index (κ2) is 9.73. The quantitative estimate of drug-likeness (QED) is 0.676.